The smallest absolute Gasteiger partial charge is 0.274 e. The Kier molecular flexibility index (Phi) is 5.46. The molecule has 1 amide bonds. The van der Waals surface area contributed by atoms with Gasteiger partial charge in [0.05, 0.1) is 17.1 Å². The lowest BCUT2D eigenvalue weighted by Gasteiger charge is -2.31. The number of imidazole rings is 1. The molecule has 1 unspecified atom stereocenters. The first kappa shape index (κ1) is 20.4. The number of para-hydroxylation sites is 2. The summed E-state index contributed by atoms with van der Waals surface area (Å²) < 4.78 is 6.63. The number of amides is 1. The monoisotopic (exact) mass is 430 g/mol. The molecule has 8 nitrogen and oxygen atoms in total. The molecule has 3 heterocycles. The standard InChI is InChI=1S/C24H26N6O2/c1-30-11-9-17(10-12-30)32-21(22-26-18-7-2-3-8-19(18)27-22)16-6-4-5-15(13-16)14-20-23(31)29-24(25)28-20/h2-8,13-14,17,21H,9-12H2,1H3,(H,26,27)(H3,25,28,29,31)/b20-14+. The molecule has 8 heteroatoms. The fraction of sp³-hybridized carbons (Fsp3) is 0.292. The zero-order chi connectivity index (χ0) is 22.1. The number of hydrogen-bond acceptors (Lipinski definition) is 5. The topological polar surface area (TPSA) is 106 Å². The predicted octanol–water partition coefficient (Wildman–Crippen LogP) is 2.76. The highest BCUT2D eigenvalue weighted by atomic mass is 16.5. The second kappa shape index (κ2) is 8.57. The number of H-pyrrole nitrogens is 1. The van der Waals surface area contributed by atoms with Crippen LogP contribution in [0.2, 0.25) is 0 Å². The molecule has 4 N–H and O–H groups in total. The molecule has 5 rings (SSSR count). The minimum Gasteiger partial charge on any atom is -0.362 e. The van der Waals surface area contributed by atoms with Gasteiger partial charge in [0.2, 0.25) is 0 Å². The first-order valence-electron chi connectivity index (χ1n) is 10.8. The van der Waals surface area contributed by atoms with E-state index in [2.05, 4.69) is 27.6 Å². The zero-order valence-electron chi connectivity index (χ0n) is 17.9. The number of rotatable bonds is 5. The first-order chi connectivity index (χ1) is 15.5. The molecule has 164 valence electrons. The molecule has 0 spiro atoms. The summed E-state index contributed by atoms with van der Waals surface area (Å²) in [5, 5.41) is 12.8. The molecule has 0 aliphatic carbocycles. The van der Waals surface area contributed by atoms with Crippen molar-refractivity contribution in [1.82, 2.24) is 25.5 Å². The number of nitrogens with one attached hydrogen (secondary N) is 4. The number of hydrogen-bond donors (Lipinski definition) is 4. The predicted molar refractivity (Wildman–Crippen MR) is 123 cm³/mol. The summed E-state index contributed by atoms with van der Waals surface area (Å²) in [6.07, 6.45) is 3.49. The van der Waals surface area contributed by atoms with Gasteiger partial charge in [0, 0.05) is 13.1 Å². The third-order valence-electron chi connectivity index (χ3n) is 5.92. The number of carbonyl (C=O) groups excluding carboxylic acids is 1. The lowest BCUT2D eigenvalue weighted by Crippen LogP contribution is -2.35. The van der Waals surface area contributed by atoms with Gasteiger partial charge in [-0.25, -0.2) is 4.98 Å². The van der Waals surface area contributed by atoms with Crippen LogP contribution in [-0.2, 0) is 9.53 Å². The maximum Gasteiger partial charge on any atom is 0.274 e. The zero-order valence-corrected chi connectivity index (χ0v) is 17.9. The number of piperidine rings is 1. The van der Waals surface area contributed by atoms with Crippen molar-refractivity contribution < 1.29 is 9.53 Å². The van der Waals surface area contributed by atoms with Crippen LogP contribution in [0, 0.1) is 5.41 Å². The van der Waals surface area contributed by atoms with E-state index in [0.29, 0.717) is 5.70 Å². The van der Waals surface area contributed by atoms with Crippen LogP contribution >= 0.6 is 0 Å². The van der Waals surface area contributed by atoms with Crippen molar-refractivity contribution in [1.29, 1.82) is 5.41 Å². The number of ether oxygens (including phenoxy) is 1. The van der Waals surface area contributed by atoms with Gasteiger partial charge in [0.1, 0.15) is 17.6 Å². The number of carbonyl (C=O) groups is 1. The van der Waals surface area contributed by atoms with E-state index in [0.717, 1.165) is 53.9 Å². The highest BCUT2D eigenvalue weighted by Crippen LogP contribution is 2.30. The summed E-state index contributed by atoms with van der Waals surface area (Å²) in [5.41, 5.74) is 4.05. The van der Waals surface area contributed by atoms with Gasteiger partial charge in [-0.05, 0) is 55.3 Å². The Morgan fingerprint density at radius 3 is 2.72 bits per heavy atom. The van der Waals surface area contributed by atoms with E-state index in [1.54, 1.807) is 6.08 Å². The summed E-state index contributed by atoms with van der Waals surface area (Å²) in [4.78, 5) is 22.6. The Balaban J connectivity index is 1.49. The van der Waals surface area contributed by atoms with E-state index >= 15 is 0 Å². The SMILES string of the molecule is CN1CCC(OC(c2cccc(/C=C3/NC(=N)NC3=O)c2)c2nc3ccccc3[nH]2)CC1. The van der Waals surface area contributed by atoms with Gasteiger partial charge < -0.3 is 19.9 Å². The van der Waals surface area contributed by atoms with Gasteiger partial charge in [-0.2, -0.15) is 0 Å². The van der Waals surface area contributed by atoms with E-state index < -0.39 is 0 Å². The second-order valence-corrected chi connectivity index (χ2v) is 8.34. The minimum absolute atomic E-state index is 0.0110. The van der Waals surface area contributed by atoms with E-state index in [9.17, 15) is 4.79 Å². The lowest BCUT2D eigenvalue weighted by atomic mass is 10.0. The van der Waals surface area contributed by atoms with Gasteiger partial charge in [-0.1, -0.05) is 30.3 Å². The number of nitrogens with zero attached hydrogens (tertiary/aromatic N) is 2. The van der Waals surface area contributed by atoms with Gasteiger partial charge >= 0.3 is 0 Å². The van der Waals surface area contributed by atoms with E-state index in [1.807, 2.05) is 48.5 Å². The van der Waals surface area contributed by atoms with Crippen molar-refractivity contribution >= 4 is 29.0 Å². The molecule has 0 bridgehead atoms. The molecule has 0 radical (unpaired) electrons. The fourth-order valence-corrected chi connectivity index (χ4v) is 4.19. The van der Waals surface area contributed by atoms with Crippen LogP contribution in [0.1, 0.15) is 35.9 Å². The molecule has 0 saturated carbocycles. The van der Waals surface area contributed by atoms with Crippen molar-refractivity contribution in [2.75, 3.05) is 20.1 Å². The number of benzene rings is 2. The molecule has 3 aromatic rings. The summed E-state index contributed by atoms with van der Waals surface area (Å²) in [7, 11) is 2.14. The Morgan fingerprint density at radius 2 is 1.97 bits per heavy atom. The Labute approximate surface area is 186 Å². The second-order valence-electron chi connectivity index (χ2n) is 8.34. The molecule has 2 aliphatic rings. The summed E-state index contributed by atoms with van der Waals surface area (Å²) in [5.74, 6) is 0.452. The summed E-state index contributed by atoms with van der Waals surface area (Å²) in [6.45, 7) is 2.02. The maximum absolute atomic E-state index is 12.0. The number of guanidine groups is 1. The van der Waals surface area contributed by atoms with Gasteiger partial charge in [0.15, 0.2) is 5.96 Å². The Morgan fingerprint density at radius 1 is 1.16 bits per heavy atom. The summed E-state index contributed by atoms with van der Waals surface area (Å²) >= 11 is 0. The molecule has 2 aliphatic heterocycles. The quantitative estimate of drug-likeness (QED) is 0.466. The molecule has 32 heavy (non-hydrogen) atoms. The minimum atomic E-state index is -0.349. The number of fused-ring (bicyclic) bond motifs is 1. The Hall–Kier alpha value is -3.49. The number of likely N-dealkylation sites (tertiary alicyclic amines) is 1. The van der Waals surface area contributed by atoms with Crippen LogP contribution in [-0.4, -0.2) is 53.0 Å². The third kappa shape index (κ3) is 4.28. The van der Waals surface area contributed by atoms with E-state index in [1.165, 1.54) is 0 Å². The van der Waals surface area contributed by atoms with Crippen molar-refractivity contribution in [3.05, 3.63) is 71.2 Å². The summed E-state index contributed by atoms with van der Waals surface area (Å²) in [6, 6.07) is 15.9. The molecule has 1 aromatic heterocycles. The van der Waals surface area contributed by atoms with Crippen molar-refractivity contribution in [3.8, 4) is 0 Å². The van der Waals surface area contributed by atoms with Crippen molar-refractivity contribution in [2.45, 2.75) is 25.0 Å². The van der Waals surface area contributed by atoms with E-state index in [-0.39, 0.29) is 24.1 Å². The molecule has 1 atom stereocenters. The van der Waals surface area contributed by atoms with Crippen molar-refractivity contribution in [2.24, 2.45) is 0 Å². The van der Waals surface area contributed by atoms with Crippen LogP contribution in [0.4, 0.5) is 0 Å². The van der Waals surface area contributed by atoms with Crippen LogP contribution < -0.4 is 10.6 Å². The molecular formula is C24H26N6O2. The van der Waals surface area contributed by atoms with Gasteiger partial charge in [-0.3, -0.25) is 15.5 Å². The number of aromatic amines is 1. The van der Waals surface area contributed by atoms with Gasteiger partial charge in [0.25, 0.3) is 5.91 Å². The maximum atomic E-state index is 12.0. The molecule has 2 fully saturated rings. The highest BCUT2D eigenvalue weighted by molar-refractivity contribution is 6.14. The highest BCUT2D eigenvalue weighted by Gasteiger charge is 2.26. The number of aromatic nitrogens is 2. The van der Waals surface area contributed by atoms with Gasteiger partial charge in [-0.15, -0.1) is 0 Å². The molecular weight excluding hydrogens is 404 g/mol. The average molecular weight is 431 g/mol. The molecule has 2 aromatic carbocycles. The van der Waals surface area contributed by atoms with Crippen molar-refractivity contribution in [3.63, 3.8) is 0 Å². The fourth-order valence-electron chi connectivity index (χ4n) is 4.19. The largest absolute Gasteiger partial charge is 0.362 e. The first-order valence-corrected chi connectivity index (χ1v) is 10.8. The van der Waals surface area contributed by atoms with E-state index in [4.69, 9.17) is 15.1 Å². The van der Waals surface area contributed by atoms with Crippen LogP contribution in [0.15, 0.2) is 54.2 Å². The van der Waals surface area contributed by atoms with Crippen LogP contribution in [0.3, 0.4) is 0 Å². The van der Waals surface area contributed by atoms with Crippen LogP contribution in [0.5, 0.6) is 0 Å². The third-order valence-corrected chi connectivity index (χ3v) is 5.92. The average Bonchev–Trinajstić information content (AvgIpc) is 3.35. The molecule has 2 saturated heterocycles. The Bertz CT molecular complexity index is 1160. The lowest BCUT2D eigenvalue weighted by molar-refractivity contribution is -0.115. The van der Waals surface area contributed by atoms with Crippen LogP contribution in [0.25, 0.3) is 17.1 Å². The normalized spacial score (nSPS) is 20.0.